The van der Waals surface area contributed by atoms with Crippen LogP contribution in [0, 0.1) is 0 Å². The van der Waals surface area contributed by atoms with Crippen LogP contribution in [-0.4, -0.2) is 58.4 Å². The summed E-state index contributed by atoms with van der Waals surface area (Å²) in [6.07, 6.45) is -5.82. The number of halogens is 3. The molecule has 1 rings (SSSR count). The Bertz CT molecular complexity index is 487. The van der Waals surface area contributed by atoms with E-state index in [4.69, 9.17) is 4.74 Å². The van der Waals surface area contributed by atoms with Gasteiger partial charge in [-0.1, -0.05) is 0 Å². The molecule has 7 nitrogen and oxygen atoms in total. The number of carbonyl (C=O) groups excluding carboxylic acids is 2. The van der Waals surface area contributed by atoms with E-state index in [0.29, 0.717) is 0 Å². The smallest absolute Gasteiger partial charge is 0.471 e. The number of ether oxygens (including phenoxy) is 1. The number of carboxylic acid groups (broad SMARTS) is 1. The van der Waals surface area contributed by atoms with E-state index < -0.39 is 41.8 Å². The lowest BCUT2D eigenvalue weighted by Gasteiger charge is -2.39. The third-order valence-electron chi connectivity index (χ3n) is 3.09. The highest BCUT2D eigenvalue weighted by molar-refractivity contribution is 5.85. The third-order valence-corrected chi connectivity index (χ3v) is 3.09. The summed E-state index contributed by atoms with van der Waals surface area (Å²) in [6.45, 7) is 4.75. The van der Waals surface area contributed by atoms with Gasteiger partial charge in [0.1, 0.15) is 5.60 Å². The van der Waals surface area contributed by atoms with E-state index in [-0.39, 0.29) is 19.4 Å². The monoisotopic (exact) mass is 340 g/mol. The van der Waals surface area contributed by atoms with E-state index in [2.05, 4.69) is 0 Å². The number of amides is 2. The Balaban J connectivity index is 2.95. The molecule has 2 N–H and O–H groups in total. The predicted molar refractivity (Wildman–Crippen MR) is 71.6 cm³/mol. The minimum Gasteiger partial charge on any atom is -0.480 e. The Labute approximate surface area is 130 Å². The molecule has 1 saturated heterocycles. The number of hydrogen-bond acceptors (Lipinski definition) is 4. The van der Waals surface area contributed by atoms with Crippen molar-refractivity contribution >= 4 is 18.0 Å². The van der Waals surface area contributed by atoms with Crippen LogP contribution < -0.4 is 5.32 Å². The molecule has 1 heterocycles. The van der Waals surface area contributed by atoms with Crippen molar-refractivity contribution in [1.82, 2.24) is 10.2 Å². The lowest BCUT2D eigenvalue weighted by molar-refractivity contribution is -0.175. The van der Waals surface area contributed by atoms with Crippen LogP contribution >= 0.6 is 0 Å². The van der Waals surface area contributed by atoms with Gasteiger partial charge in [-0.2, -0.15) is 13.2 Å². The summed E-state index contributed by atoms with van der Waals surface area (Å²) < 4.78 is 42.1. The van der Waals surface area contributed by atoms with Crippen molar-refractivity contribution in [1.29, 1.82) is 0 Å². The van der Waals surface area contributed by atoms with Crippen molar-refractivity contribution in [2.24, 2.45) is 0 Å². The molecule has 0 unspecified atom stereocenters. The number of rotatable bonds is 2. The second-order valence-corrected chi connectivity index (χ2v) is 6.18. The van der Waals surface area contributed by atoms with E-state index >= 15 is 0 Å². The van der Waals surface area contributed by atoms with Gasteiger partial charge in [0.05, 0.1) is 6.04 Å². The summed E-state index contributed by atoms with van der Waals surface area (Å²) in [6, 6.07) is -2.97. The van der Waals surface area contributed by atoms with Gasteiger partial charge in [0.25, 0.3) is 0 Å². The minimum absolute atomic E-state index is 0.0120. The maximum absolute atomic E-state index is 12.3. The second-order valence-electron chi connectivity index (χ2n) is 6.18. The largest absolute Gasteiger partial charge is 0.480 e. The Hall–Kier alpha value is -2.00. The maximum atomic E-state index is 12.3. The summed E-state index contributed by atoms with van der Waals surface area (Å²) in [5.41, 5.74) is -0.887. The number of alkyl halides is 3. The summed E-state index contributed by atoms with van der Waals surface area (Å²) >= 11 is 0. The molecule has 1 aliphatic heterocycles. The molecule has 0 aromatic heterocycles. The van der Waals surface area contributed by atoms with Crippen LogP contribution in [0.2, 0.25) is 0 Å². The molecule has 0 saturated carbocycles. The van der Waals surface area contributed by atoms with E-state index in [9.17, 15) is 32.7 Å². The standard InChI is InChI=1S/C13H19F3N2O5/c1-12(2,3)23-11(22)18-6-4-5-7(8(18)9(19)20)17-10(21)13(14,15)16/h7-8H,4-6H2,1-3H3,(H,17,21)(H,19,20)/t7-,8+/m1/s1. The molecule has 1 aliphatic rings. The molecule has 0 aromatic rings. The summed E-state index contributed by atoms with van der Waals surface area (Å²) in [7, 11) is 0. The quantitative estimate of drug-likeness (QED) is 0.794. The van der Waals surface area contributed by atoms with Gasteiger partial charge >= 0.3 is 24.1 Å². The summed E-state index contributed by atoms with van der Waals surface area (Å²) in [5, 5.41) is 10.9. The molecule has 23 heavy (non-hydrogen) atoms. The van der Waals surface area contributed by atoms with Gasteiger partial charge in [-0.05, 0) is 33.6 Å². The SMILES string of the molecule is CC(C)(C)OC(=O)N1CCC[C@@H](NC(=O)C(F)(F)F)[C@H]1C(=O)O. The normalized spacial score (nSPS) is 22.4. The van der Waals surface area contributed by atoms with E-state index in [0.717, 1.165) is 4.90 Å². The summed E-state index contributed by atoms with van der Waals surface area (Å²) in [5.74, 6) is -3.75. The first-order chi connectivity index (χ1) is 10.3. The molecular weight excluding hydrogens is 321 g/mol. The number of hydrogen-bond donors (Lipinski definition) is 2. The first-order valence-electron chi connectivity index (χ1n) is 6.93. The topological polar surface area (TPSA) is 95.9 Å². The highest BCUT2D eigenvalue weighted by Crippen LogP contribution is 2.23. The Morgan fingerprint density at radius 1 is 1.22 bits per heavy atom. The van der Waals surface area contributed by atoms with E-state index in [1.807, 2.05) is 0 Å². The van der Waals surface area contributed by atoms with Gasteiger partial charge < -0.3 is 15.2 Å². The van der Waals surface area contributed by atoms with Crippen molar-refractivity contribution in [3.63, 3.8) is 0 Å². The van der Waals surface area contributed by atoms with E-state index in [1.165, 1.54) is 0 Å². The van der Waals surface area contributed by atoms with Crippen LogP contribution in [-0.2, 0) is 14.3 Å². The average molecular weight is 340 g/mol. The van der Waals surface area contributed by atoms with Gasteiger partial charge in [-0.25, -0.2) is 9.59 Å². The molecule has 10 heteroatoms. The fourth-order valence-electron chi connectivity index (χ4n) is 2.23. The lowest BCUT2D eigenvalue weighted by atomic mass is 9.96. The maximum Gasteiger partial charge on any atom is 0.471 e. The van der Waals surface area contributed by atoms with Crippen molar-refractivity contribution < 1.29 is 37.4 Å². The average Bonchev–Trinajstić information content (AvgIpc) is 2.34. The molecule has 0 bridgehead atoms. The van der Waals surface area contributed by atoms with Crippen LogP contribution in [0.5, 0.6) is 0 Å². The van der Waals surface area contributed by atoms with E-state index in [1.54, 1.807) is 26.1 Å². The molecule has 132 valence electrons. The first kappa shape index (κ1) is 19.0. The van der Waals surface area contributed by atoms with Gasteiger partial charge in [0.15, 0.2) is 6.04 Å². The number of nitrogens with one attached hydrogen (secondary N) is 1. The van der Waals surface area contributed by atoms with Crippen LogP contribution in [0.4, 0.5) is 18.0 Å². The highest BCUT2D eigenvalue weighted by atomic mass is 19.4. The third kappa shape index (κ3) is 5.29. The Morgan fingerprint density at radius 2 is 1.78 bits per heavy atom. The fourth-order valence-corrected chi connectivity index (χ4v) is 2.23. The van der Waals surface area contributed by atoms with Gasteiger partial charge in [-0.3, -0.25) is 9.69 Å². The number of nitrogens with zero attached hydrogens (tertiary/aromatic N) is 1. The zero-order valence-electron chi connectivity index (χ0n) is 12.9. The van der Waals surface area contributed by atoms with Crippen LogP contribution in [0.1, 0.15) is 33.6 Å². The highest BCUT2D eigenvalue weighted by Gasteiger charge is 2.46. The first-order valence-corrected chi connectivity index (χ1v) is 6.93. The molecule has 0 radical (unpaired) electrons. The molecule has 0 aliphatic carbocycles. The van der Waals surface area contributed by atoms with Crippen LogP contribution in [0.3, 0.4) is 0 Å². The zero-order valence-corrected chi connectivity index (χ0v) is 12.9. The number of piperidine rings is 1. The fraction of sp³-hybridized carbons (Fsp3) is 0.769. The molecular formula is C13H19F3N2O5. The molecule has 0 spiro atoms. The lowest BCUT2D eigenvalue weighted by Crippen LogP contribution is -2.62. The van der Waals surface area contributed by atoms with Crippen molar-refractivity contribution in [3.05, 3.63) is 0 Å². The number of likely N-dealkylation sites (tertiary alicyclic amines) is 1. The number of carbonyl (C=O) groups is 3. The molecule has 2 amide bonds. The zero-order chi connectivity index (χ0) is 18.0. The number of aliphatic carboxylic acids is 1. The second kappa shape index (κ2) is 6.63. The van der Waals surface area contributed by atoms with Gasteiger partial charge in [-0.15, -0.1) is 0 Å². The van der Waals surface area contributed by atoms with Crippen LogP contribution in [0.25, 0.3) is 0 Å². The van der Waals surface area contributed by atoms with Gasteiger partial charge in [0, 0.05) is 6.54 Å². The van der Waals surface area contributed by atoms with Crippen molar-refractivity contribution in [3.8, 4) is 0 Å². The molecule has 2 atom stereocenters. The summed E-state index contributed by atoms with van der Waals surface area (Å²) in [4.78, 5) is 35.3. The minimum atomic E-state index is -5.13. The van der Waals surface area contributed by atoms with Crippen molar-refractivity contribution in [2.75, 3.05) is 6.54 Å². The van der Waals surface area contributed by atoms with Gasteiger partial charge in [0.2, 0.25) is 0 Å². The van der Waals surface area contributed by atoms with Crippen molar-refractivity contribution in [2.45, 2.75) is 57.5 Å². The molecule has 1 fully saturated rings. The number of carboxylic acids is 1. The van der Waals surface area contributed by atoms with Crippen LogP contribution in [0.15, 0.2) is 0 Å². The Morgan fingerprint density at radius 3 is 2.22 bits per heavy atom. The Kier molecular flexibility index (Phi) is 5.49. The molecule has 0 aromatic carbocycles. The predicted octanol–water partition coefficient (Wildman–Crippen LogP) is 1.52.